The van der Waals surface area contributed by atoms with Gasteiger partial charge in [-0.25, -0.2) is 8.42 Å². The van der Waals surface area contributed by atoms with Crippen LogP contribution in [0, 0.1) is 0 Å². The molecule has 2 amide bonds. The first-order valence-corrected chi connectivity index (χ1v) is 14.1. The zero-order valence-corrected chi connectivity index (χ0v) is 23.1. The van der Waals surface area contributed by atoms with Crippen LogP contribution < -0.4 is 14.4 Å². The van der Waals surface area contributed by atoms with Crippen molar-refractivity contribution in [2.45, 2.75) is 52.1 Å². The number of carbonyl (C=O) groups is 2. The molecule has 2 aromatic carbocycles. The van der Waals surface area contributed by atoms with E-state index in [1.165, 1.54) is 17.5 Å². The molecule has 0 spiro atoms. The van der Waals surface area contributed by atoms with Gasteiger partial charge in [0.2, 0.25) is 21.8 Å². The quantitative estimate of drug-likeness (QED) is 0.418. The van der Waals surface area contributed by atoms with Gasteiger partial charge in [-0.05, 0) is 57.4 Å². The second-order valence-electron chi connectivity index (χ2n) is 8.92. The van der Waals surface area contributed by atoms with E-state index in [1.807, 2.05) is 44.2 Å². The maximum absolute atomic E-state index is 13.2. The molecule has 2 aromatic rings. The number of halogens is 1. The first kappa shape index (κ1) is 29.5. The summed E-state index contributed by atoms with van der Waals surface area (Å²) < 4.78 is 31.3. The smallest absolute Gasteiger partial charge is 0.242 e. The van der Waals surface area contributed by atoms with Crippen LogP contribution in [0.5, 0.6) is 5.75 Å². The molecule has 0 fully saturated rings. The number of ether oxygens (including phenoxy) is 1. The lowest BCUT2D eigenvalue weighted by Crippen LogP contribution is -2.50. The molecule has 0 radical (unpaired) electrons. The summed E-state index contributed by atoms with van der Waals surface area (Å²) in [6, 6.07) is 13.8. The number of methoxy groups -OCH3 is 1. The summed E-state index contributed by atoms with van der Waals surface area (Å²) in [6.45, 7) is 5.91. The molecule has 198 valence electrons. The number of sulfonamides is 1. The van der Waals surface area contributed by atoms with E-state index in [9.17, 15) is 18.0 Å². The fourth-order valence-electron chi connectivity index (χ4n) is 3.79. The van der Waals surface area contributed by atoms with Crippen LogP contribution in [0.3, 0.4) is 0 Å². The lowest BCUT2D eigenvalue weighted by molar-refractivity contribution is -0.140. The van der Waals surface area contributed by atoms with Crippen LogP contribution in [0.25, 0.3) is 0 Å². The first-order valence-electron chi connectivity index (χ1n) is 11.9. The number of amides is 2. The fraction of sp³-hybridized carbons (Fsp3) is 0.462. The summed E-state index contributed by atoms with van der Waals surface area (Å²) in [5, 5.41) is 3.15. The second-order valence-corrected chi connectivity index (χ2v) is 11.2. The topological polar surface area (TPSA) is 96.0 Å². The molecular weight excluding hydrogens is 502 g/mol. The van der Waals surface area contributed by atoms with E-state index in [1.54, 1.807) is 24.0 Å². The molecule has 0 heterocycles. The molecule has 0 saturated carbocycles. The van der Waals surface area contributed by atoms with Crippen LogP contribution in [-0.4, -0.2) is 63.7 Å². The van der Waals surface area contributed by atoms with E-state index in [4.69, 9.17) is 16.3 Å². The van der Waals surface area contributed by atoms with Crippen molar-refractivity contribution >= 4 is 39.1 Å². The average molecular weight is 538 g/mol. The van der Waals surface area contributed by atoms with Gasteiger partial charge in [-0.3, -0.25) is 13.9 Å². The molecule has 0 bridgehead atoms. The lowest BCUT2D eigenvalue weighted by Gasteiger charge is -2.30. The van der Waals surface area contributed by atoms with Gasteiger partial charge in [-0.1, -0.05) is 41.9 Å². The van der Waals surface area contributed by atoms with Crippen molar-refractivity contribution in [1.82, 2.24) is 10.2 Å². The van der Waals surface area contributed by atoms with Gasteiger partial charge in [-0.2, -0.15) is 0 Å². The summed E-state index contributed by atoms with van der Waals surface area (Å²) in [4.78, 5) is 27.5. The van der Waals surface area contributed by atoms with Crippen molar-refractivity contribution in [3.05, 3.63) is 59.1 Å². The summed E-state index contributed by atoms with van der Waals surface area (Å²) in [6.07, 6.45) is 2.07. The number of carbonyl (C=O) groups excluding carboxylic acids is 2. The molecule has 2 rings (SSSR count). The van der Waals surface area contributed by atoms with Crippen molar-refractivity contribution in [2.24, 2.45) is 0 Å². The molecule has 0 saturated heterocycles. The zero-order valence-electron chi connectivity index (χ0n) is 21.5. The Morgan fingerprint density at radius 3 is 2.28 bits per heavy atom. The summed E-state index contributed by atoms with van der Waals surface area (Å²) >= 11 is 6.19. The van der Waals surface area contributed by atoms with Crippen LogP contribution >= 0.6 is 11.6 Å². The van der Waals surface area contributed by atoms with Crippen LogP contribution in [0.2, 0.25) is 5.02 Å². The van der Waals surface area contributed by atoms with Gasteiger partial charge in [0, 0.05) is 25.6 Å². The summed E-state index contributed by atoms with van der Waals surface area (Å²) in [7, 11) is -2.14. The summed E-state index contributed by atoms with van der Waals surface area (Å²) in [5.74, 6) is 0.00219. The number of benzene rings is 2. The third-order valence-corrected chi connectivity index (χ3v) is 7.15. The number of nitrogens with one attached hydrogen (secondary N) is 1. The molecule has 1 atom stereocenters. The Morgan fingerprint density at radius 2 is 1.72 bits per heavy atom. The van der Waals surface area contributed by atoms with Gasteiger partial charge in [0.1, 0.15) is 11.8 Å². The molecule has 1 unspecified atom stereocenters. The Bertz CT molecular complexity index is 1130. The second kappa shape index (κ2) is 13.5. The summed E-state index contributed by atoms with van der Waals surface area (Å²) in [5.41, 5.74) is 1.45. The Morgan fingerprint density at radius 1 is 1.06 bits per heavy atom. The van der Waals surface area contributed by atoms with E-state index in [0.717, 1.165) is 11.8 Å². The zero-order chi connectivity index (χ0) is 26.9. The minimum absolute atomic E-state index is 0.0503. The monoisotopic (exact) mass is 537 g/mol. The highest BCUT2D eigenvalue weighted by Crippen LogP contribution is 2.30. The molecule has 0 aliphatic carbocycles. The largest absolute Gasteiger partial charge is 0.495 e. The molecular formula is C26H36ClN3O5S. The van der Waals surface area contributed by atoms with Gasteiger partial charge >= 0.3 is 0 Å². The van der Waals surface area contributed by atoms with Gasteiger partial charge in [0.05, 0.1) is 24.1 Å². The van der Waals surface area contributed by atoms with Gasteiger partial charge in [0.15, 0.2) is 0 Å². The van der Waals surface area contributed by atoms with E-state index in [-0.39, 0.29) is 42.3 Å². The highest BCUT2D eigenvalue weighted by atomic mass is 35.5. The molecule has 0 aromatic heterocycles. The number of nitrogens with zero attached hydrogens (tertiary/aromatic N) is 2. The van der Waals surface area contributed by atoms with Gasteiger partial charge in [-0.15, -0.1) is 0 Å². The molecule has 8 nitrogen and oxygen atoms in total. The predicted molar refractivity (Wildman–Crippen MR) is 144 cm³/mol. The van der Waals surface area contributed by atoms with E-state index in [0.29, 0.717) is 24.4 Å². The van der Waals surface area contributed by atoms with Crippen LogP contribution in [-0.2, 0) is 26.0 Å². The first-order chi connectivity index (χ1) is 16.9. The number of anilines is 1. The molecule has 1 N–H and O–H groups in total. The normalized spacial score (nSPS) is 12.2. The Kier molecular flexibility index (Phi) is 11.0. The highest BCUT2D eigenvalue weighted by molar-refractivity contribution is 7.92. The third kappa shape index (κ3) is 8.71. The van der Waals surface area contributed by atoms with Crippen molar-refractivity contribution in [2.75, 3.05) is 30.8 Å². The number of hydrogen-bond donors (Lipinski definition) is 1. The van der Waals surface area contributed by atoms with Gasteiger partial charge < -0.3 is 15.0 Å². The van der Waals surface area contributed by atoms with E-state index in [2.05, 4.69) is 5.32 Å². The van der Waals surface area contributed by atoms with Crippen LogP contribution in [0.15, 0.2) is 48.5 Å². The van der Waals surface area contributed by atoms with Crippen molar-refractivity contribution < 1.29 is 22.7 Å². The third-order valence-electron chi connectivity index (χ3n) is 5.66. The molecule has 0 aliphatic heterocycles. The Hall–Kier alpha value is -2.78. The minimum atomic E-state index is -3.62. The van der Waals surface area contributed by atoms with Crippen molar-refractivity contribution in [1.29, 1.82) is 0 Å². The maximum Gasteiger partial charge on any atom is 0.242 e. The van der Waals surface area contributed by atoms with Crippen LogP contribution in [0.4, 0.5) is 5.69 Å². The minimum Gasteiger partial charge on any atom is -0.495 e. The lowest BCUT2D eigenvalue weighted by atomic mass is 10.1. The standard InChI is InChI=1S/C26H36ClN3O5S/c1-19(2)28-26(32)20(3)29(17-15-21-10-7-6-8-11-21)25(31)12-9-16-30(36(5,33)34)22-13-14-24(35-4)23(27)18-22/h6-8,10-11,13-14,18-20H,9,12,15-17H2,1-5H3,(H,28,32). The predicted octanol–water partition coefficient (Wildman–Crippen LogP) is 3.88. The number of hydrogen-bond acceptors (Lipinski definition) is 5. The van der Waals surface area contributed by atoms with E-state index < -0.39 is 16.1 Å². The maximum atomic E-state index is 13.2. The number of rotatable bonds is 13. The average Bonchev–Trinajstić information content (AvgIpc) is 2.81. The van der Waals surface area contributed by atoms with Gasteiger partial charge in [0.25, 0.3) is 0 Å². The SMILES string of the molecule is COc1ccc(N(CCCC(=O)N(CCc2ccccc2)C(C)C(=O)NC(C)C)S(C)(=O)=O)cc1Cl. The molecule has 10 heteroatoms. The molecule has 36 heavy (non-hydrogen) atoms. The Balaban J connectivity index is 2.13. The van der Waals surface area contributed by atoms with Crippen molar-refractivity contribution in [3.63, 3.8) is 0 Å². The van der Waals surface area contributed by atoms with E-state index >= 15 is 0 Å². The Labute approximate surface area is 219 Å². The fourth-order valence-corrected chi connectivity index (χ4v) is 5.00. The highest BCUT2D eigenvalue weighted by Gasteiger charge is 2.26. The molecule has 0 aliphatic rings. The van der Waals surface area contributed by atoms with Crippen LogP contribution in [0.1, 0.15) is 39.2 Å². The van der Waals surface area contributed by atoms with Crippen molar-refractivity contribution in [3.8, 4) is 5.75 Å².